The predicted octanol–water partition coefficient (Wildman–Crippen LogP) is 1.73. The molecule has 0 heterocycles. The summed E-state index contributed by atoms with van der Waals surface area (Å²) in [5, 5.41) is 10.8. The number of aliphatic imine (C=N–C) groups is 2. The van der Waals surface area contributed by atoms with E-state index in [1.165, 1.54) is 12.2 Å². The van der Waals surface area contributed by atoms with Gasteiger partial charge in [-0.2, -0.15) is 9.98 Å². The van der Waals surface area contributed by atoms with E-state index in [9.17, 15) is 9.59 Å². The van der Waals surface area contributed by atoms with Gasteiger partial charge in [0.2, 0.25) is 24.3 Å². The SMILES string of the molecule is Cc1cccc(N=C=O)c1N=C=O.N=C=O.N=C=O. The van der Waals surface area contributed by atoms with Crippen LogP contribution in [-0.2, 0) is 19.2 Å². The Morgan fingerprint density at radius 3 is 1.84 bits per heavy atom. The second-order valence-electron chi connectivity index (χ2n) is 2.55. The fraction of sp³-hybridized carbons (Fsp3) is 0.0909. The third kappa shape index (κ3) is 8.54. The second-order valence-corrected chi connectivity index (χ2v) is 2.55. The summed E-state index contributed by atoms with van der Waals surface area (Å²) in [5.41, 5.74) is 1.46. The smallest absolute Gasteiger partial charge is 0.222 e. The van der Waals surface area contributed by atoms with E-state index in [0.29, 0.717) is 11.4 Å². The van der Waals surface area contributed by atoms with Crippen LogP contribution in [0.2, 0.25) is 0 Å². The molecule has 0 aliphatic carbocycles. The summed E-state index contributed by atoms with van der Waals surface area (Å²) in [4.78, 5) is 43.6. The molecule has 0 radical (unpaired) electrons. The summed E-state index contributed by atoms with van der Waals surface area (Å²) in [6, 6.07) is 5.06. The van der Waals surface area contributed by atoms with E-state index in [4.69, 9.17) is 20.4 Å². The van der Waals surface area contributed by atoms with Gasteiger partial charge in [-0.05, 0) is 18.6 Å². The van der Waals surface area contributed by atoms with Gasteiger partial charge < -0.3 is 0 Å². The minimum Gasteiger partial charge on any atom is -0.222 e. The van der Waals surface area contributed by atoms with Gasteiger partial charge in [-0.15, -0.1) is 0 Å². The lowest BCUT2D eigenvalue weighted by molar-refractivity contribution is 0.562. The van der Waals surface area contributed by atoms with Crippen LogP contribution in [0, 0.1) is 17.7 Å². The van der Waals surface area contributed by atoms with E-state index in [1.807, 2.05) is 0 Å². The molecule has 0 amide bonds. The Morgan fingerprint density at radius 2 is 1.42 bits per heavy atom. The maximum absolute atomic E-state index is 10.1. The van der Waals surface area contributed by atoms with E-state index < -0.39 is 0 Å². The van der Waals surface area contributed by atoms with Crippen LogP contribution in [0.5, 0.6) is 0 Å². The van der Waals surface area contributed by atoms with Crippen LogP contribution < -0.4 is 0 Å². The fourth-order valence-electron chi connectivity index (χ4n) is 0.974. The van der Waals surface area contributed by atoms with E-state index in [0.717, 1.165) is 17.7 Å². The van der Waals surface area contributed by atoms with E-state index >= 15 is 0 Å². The van der Waals surface area contributed by atoms with Crippen molar-refractivity contribution in [3.8, 4) is 0 Å². The number of para-hydroxylation sites is 1. The van der Waals surface area contributed by atoms with Crippen LogP contribution in [-0.4, -0.2) is 24.3 Å². The number of isocyanates is 4. The molecule has 1 aromatic carbocycles. The molecule has 1 aromatic rings. The molecule has 96 valence electrons. The number of hydrogen-bond acceptors (Lipinski definition) is 8. The van der Waals surface area contributed by atoms with Crippen molar-refractivity contribution in [3.63, 3.8) is 0 Å². The zero-order valence-electron chi connectivity index (χ0n) is 9.76. The van der Waals surface area contributed by atoms with Gasteiger partial charge in [0.05, 0.1) is 0 Å². The van der Waals surface area contributed by atoms with E-state index in [1.54, 1.807) is 25.1 Å². The van der Waals surface area contributed by atoms with Crippen molar-refractivity contribution in [1.82, 2.24) is 0 Å². The third-order valence-electron chi connectivity index (χ3n) is 1.54. The molecule has 0 bridgehead atoms. The van der Waals surface area contributed by atoms with Crippen LogP contribution >= 0.6 is 0 Å². The van der Waals surface area contributed by atoms with Crippen LogP contribution in [0.25, 0.3) is 0 Å². The van der Waals surface area contributed by atoms with Crippen molar-refractivity contribution in [2.24, 2.45) is 9.98 Å². The summed E-state index contributed by atoms with van der Waals surface area (Å²) in [5.74, 6) is 0. The Morgan fingerprint density at radius 1 is 0.947 bits per heavy atom. The van der Waals surface area contributed by atoms with Gasteiger partial charge in [-0.25, -0.2) is 30.0 Å². The molecule has 0 saturated carbocycles. The molecule has 0 saturated heterocycles. The van der Waals surface area contributed by atoms with Crippen molar-refractivity contribution in [3.05, 3.63) is 23.8 Å². The van der Waals surface area contributed by atoms with Gasteiger partial charge in [-0.1, -0.05) is 12.1 Å². The monoisotopic (exact) mass is 260 g/mol. The van der Waals surface area contributed by atoms with Crippen LogP contribution in [0.15, 0.2) is 28.2 Å². The van der Waals surface area contributed by atoms with Gasteiger partial charge in [-0.3, -0.25) is 0 Å². The van der Waals surface area contributed by atoms with E-state index in [-0.39, 0.29) is 0 Å². The summed E-state index contributed by atoms with van der Waals surface area (Å²) < 4.78 is 0. The predicted molar refractivity (Wildman–Crippen MR) is 63.6 cm³/mol. The van der Waals surface area contributed by atoms with Crippen LogP contribution in [0.1, 0.15) is 5.56 Å². The molecule has 0 spiro atoms. The van der Waals surface area contributed by atoms with Gasteiger partial charge in [0.25, 0.3) is 0 Å². The minimum absolute atomic E-state index is 0.332. The fourth-order valence-corrected chi connectivity index (χ4v) is 0.974. The Bertz CT molecular complexity index is 560. The zero-order chi connectivity index (χ0) is 15.1. The lowest BCUT2D eigenvalue weighted by atomic mass is 10.2. The van der Waals surface area contributed by atoms with Gasteiger partial charge in [0.15, 0.2) is 0 Å². The number of hydrogen-bond donors (Lipinski definition) is 2. The minimum atomic E-state index is 0.332. The lowest BCUT2D eigenvalue weighted by Crippen LogP contribution is -1.74. The number of benzene rings is 1. The summed E-state index contributed by atoms with van der Waals surface area (Å²) in [6.45, 7) is 1.76. The highest BCUT2D eigenvalue weighted by atomic mass is 16.1. The van der Waals surface area contributed by atoms with Crippen molar-refractivity contribution in [2.75, 3.05) is 0 Å². The quantitative estimate of drug-likeness (QED) is 0.616. The highest BCUT2D eigenvalue weighted by Crippen LogP contribution is 2.30. The van der Waals surface area contributed by atoms with Crippen molar-refractivity contribution >= 4 is 35.7 Å². The molecular weight excluding hydrogens is 252 g/mol. The van der Waals surface area contributed by atoms with Crippen LogP contribution in [0.4, 0.5) is 11.4 Å². The number of rotatable bonds is 2. The molecule has 0 aliphatic rings. The van der Waals surface area contributed by atoms with Crippen molar-refractivity contribution < 1.29 is 19.2 Å². The highest BCUT2D eigenvalue weighted by Gasteiger charge is 2.02. The maximum atomic E-state index is 10.1. The van der Waals surface area contributed by atoms with Crippen LogP contribution in [0.3, 0.4) is 0 Å². The Labute approximate surface area is 107 Å². The first-order chi connectivity index (χ1) is 9.12. The average Bonchev–Trinajstić information content (AvgIpc) is 2.36. The molecule has 8 nitrogen and oxygen atoms in total. The average molecular weight is 260 g/mol. The standard InChI is InChI=1S/C9H6N2O2.2CHNO/c1-7-3-2-4-8(10-5-12)9(7)11-6-13;2*2-1-3/h2-4H,1H3;2*2H. The molecule has 0 fully saturated rings. The first-order valence-electron chi connectivity index (χ1n) is 4.45. The summed E-state index contributed by atoms with van der Waals surface area (Å²) in [6.07, 6.45) is 4.30. The lowest BCUT2D eigenvalue weighted by Gasteiger charge is -1.99. The molecule has 8 heteroatoms. The topological polar surface area (TPSA) is 141 Å². The number of aryl methyl sites for hydroxylation is 1. The third-order valence-corrected chi connectivity index (χ3v) is 1.54. The molecule has 0 atom stereocenters. The molecule has 0 aromatic heterocycles. The Hall–Kier alpha value is -3.26. The Kier molecular flexibility index (Phi) is 12.2. The second kappa shape index (κ2) is 12.8. The highest BCUT2D eigenvalue weighted by molar-refractivity contribution is 5.71. The summed E-state index contributed by atoms with van der Waals surface area (Å²) in [7, 11) is 0. The first kappa shape index (κ1) is 18.1. The number of nitrogens with one attached hydrogen (secondary N) is 2. The van der Waals surface area contributed by atoms with Crippen molar-refractivity contribution in [2.45, 2.75) is 6.92 Å². The number of carbonyl (C=O) groups excluding carboxylic acids is 4. The normalized spacial score (nSPS) is 6.58. The van der Waals surface area contributed by atoms with Gasteiger partial charge in [0, 0.05) is 0 Å². The zero-order valence-corrected chi connectivity index (χ0v) is 9.76. The molecular formula is C11H8N4O4. The molecule has 2 N–H and O–H groups in total. The molecule has 1 rings (SSSR count). The summed E-state index contributed by atoms with van der Waals surface area (Å²) >= 11 is 0. The Balaban J connectivity index is 0. The van der Waals surface area contributed by atoms with Crippen molar-refractivity contribution in [1.29, 1.82) is 10.8 Å². The van der Waals surface area contributed by atoms with Gasteiger partial charge >= 0.3 is 0 Å². The van der Waals surface area contributed by atoms with E-state index in [2.05, 4.69) is 9.98 Å². The maximum Gasteiger partial charge on any atom is 0.240 e. The molecule has 0 unspecified atom stereocenters. The molecule has 0 aliphatic heterocycles. The number of nitrogens with zero attached hydrogens (tertiary/aromatic N) is 2. The van der Waals surface area contributed by atoms with Gasteiger partial charge in [0.1, 0.15) is 11.4 Å². The largest absolute Gasteiger partial charge is 0.240 e. The molecule has 19 heavy (non-hydrogen) atoms. The first-order valence-corrected chi connectivity index (χ1v) is 4.45.